The molecule has 0 radical (unpaired) electrons. The van der Waals surface area contributed by atoms with Crippen LogP contribution in [0.3, 0.4) is 0 Å². The van der Waals surface area contributed by atoms with Gasteiger partial charge in [0.15, 0.2) is 11.5 Å². The van der Waals surface area contributed by atoms with Crippen molar-refractivity contribution in [3.8, 4) is 17.6 Å². The lowest BCUT2D eigenvalue weighted by Gasteiger charge is -2.13. The number of methoxy groups -OCH3 is 1. The minimum absolute atomic E-state index is 0.00262. The Bertz CT molecular complexity index is 910. The van der Waals surface area contributed by atoms with Crippen LogP contribution in [0.15, 0.2) is 40.4 Å². The fourth-order valence-corrected chi connectivity index (χ4v) is 3.26. The van der Waals surface area contributed by atoms with Crippen molar-refractivity contribution in [3.05, 3.63) is 57.1 Å². The van der Waals surface area contributed by atoms with Crippen molar-refractivity contribution < 1.29 is 14.3 Å². The van der Waals surface area contributed by atoms with Crippen LogP contribution in [0, 0.1) is 25.2 Å². The van der Waals surface area contributed by atoms with Crippen molar-refractivity contribution in [1.82, 2.24) is 0 Å². The number of benzene rings is 2. The average Bonchev–Trinajstić information content (AvgIpc) is 2.63. The number of nitrogens with zero attached hydrogens (tertiary/aromatic N) is 1. The molecule has 0 bridgehead atoms. The summed E-state index contributed by atoms with van der Waals surface area (Å²) in [5.41, 5.74) is 3.24. The number of rotatable bonds is 6. The summed E-state index contributed by atoms with van der Waals surface area (Å²) in [4.78, 5) is 12.6. The number of para-hydroxylation sites is 1. The Morgan fingerprint density at radius 3 is 2.52 bits per heavy atom. The van der Waals surface area contributed by atoms with Crippen LogP contribution in [0.4, 0.5) is 5.69 Å². The molecule has 5 nitrogen and oxygen atoms in total. The highest BCUT2D eigenvalue weighted by atomic mass is 79.9. The van der Waals surface area contributed by atoms with Gasteiger partial charge in [-0.1, -0.05) is 18.2 Å². The van der Waals surface area contributed by atoms with Crippen LogP contribution in [0.25, 0.3) is 6.08 Å². The third-order valence-corrected chi connectivity index (χ3v) is 4.52. The number of carbonyl (C=O) groups excluding carboxylic acids is 1. The molecular weight excluding hydrogens is 408 g/mol. The molecule has 0 aliphatic carbocycles. The first-order valence-electron chi connectivity index (χ1n) is 8.41. The minimum Gasteiger partial charge on any atom is -0.492 e. The zero-order valence-electron chi connectivity index (χ0n) is 15.7. The van der Waals surface area contributed by atoms with Crippen molar-refractivity contribution >= 4 is 33.6 Å². The van der Waals surface area contributed by atoms with E-state index < -0.39 is 5.91 Å². The second-order valence-electron chi connectivity index (χ2n) is 5.86. The van der Waals surface area contributed by atoms with Gasteiger partial charge in [-0.3, -0.25) is 4.79 Å². The monoisotopic (exact) mass is 428 g/mol. The summed E-state index contributed by atoms with van der Waals surface area (Å²) >= 11 is 3.43. The molecule has 0 spiro atoms. The van der Waals surface area contributed by atoms with Crippen LogP contribution >= 0.6 is 15.9 Å². The van der Waals surface area contributed by atoms with Gasteiger partial charge in [-0.15, -0.1) is 0 Å². The SMILES string of the molecule is CCOc1cc(/C=C(/C#N)C(=O)Nc2c(C)cccc2C)cc(Br)c1OC. The number of nitriles is 1. The summed E-state index contributed by atoms with van der Waals surface area (Å²) in [7, 11) is 1.55. The number of hydrogen-bond donors (Lipinski definition) is 1. The van der Waals surface area contributed by atoms with Crippen LogP contribution in [0.2, 0.25) is 0 Å². The van der Waals surface area contributed by atoms with Crippen LogP contribution in [-0.2, 0) is 4.79 Å². The van der Waals surface area contributed by atoms with E-state index in [1.807, 2.05) is 45.0 Å². The average molecular weight is 429 g/mol. The summed E-state index contributed by atoms with van der Waals surface area (Å²) < 4.78 is 11.6. The lowest BCUT2D eigenvalue weighted by molar-refractivity contribution is -0.112. The number of carbonyl (C=O) groups is 1. The van der Waals surface area contributed by atoms with E-state index in [0.29, 0.717) is 28.1 Å². The summed E-state index contributed by atoms with van der Waals surface area (Å²) in [5, 5.41) is 12.3. The summed E-state index contributed by atoms with van der Waals surface area (Å²) in [5.74, 6) is 0.639. The molecule has 1 N–H and O–H groups in total. The second kappa shape index (κ2) is 9.24. The van der Waals surface area contributed by atoms with Gasteiger partial charge < -0.3 is 14.8 Å². The predicted octanol–water partition coefficient (Wildman–Crippen LogP) is 5.02. The zero-order valence-corrected chi connectivity index (χ0v) is 17.3. The topological polar surface area (TPSA) is 71.3 Å². The van der Waals surface area contributed by atoms with E-state index in [1.54, 1.807) is 19.2 Å². The van der Waals surface area contributed by atoms with E-state index in [4.69, 9.17) is 9.47 Å². The van der Waals surface area contributed by atoms with Gasteiger partial charge in [0.05, 0.1) is 18.2 Å². The lowest BCUT2D eigenvalue weighted by Crippen LogP contribution is -2.15. The Morgan fingerprint density at radius 2 is 1.96 bits per heavy atom. The van der Waals surface area contributed by atoms with Gasteiger partial charge in [-0.25, -0.2) is 0 Å². The van der Waals surface area contributed by atoms with Crippen LogP contribution in [0.1, 0.15) is 23.6 Å². The highest BCUT2D eigenvalue weighted by Gasteiger charge is 2.15. The van der Waals surface area contributed by atoms with E-state index in [2.05, 4.69) is 21.2 Å². The maximum atomic E-state index is 12.6. The summed E-state index contributed by atoms with van der Waals surface area (Å²) in [6, 6.07) is 11.2. The molecule has 6 heteroatoms. The van der Waals surface area contributed by atoms with Gasteiger partial charge in [0, 0.05) is 5.69 Å². The molecule has 140 valence electrons. The number of amides is 1. The smallest absolute Gasteiger partial charge is 0.266 e. The van der Waals surface area contributed by atoms with E-state index >= 15 is 0 Å². The lowest BCUT2D eigenvalue weighted by atomic mass is 10.1. The quantitative estimate of drug-likeness (QED) is 0.517. The van der Waals surface area contributed by atoms with Gasteiger partial charge in [-0.2, -0.15) is 5.26 Å². The third-order valence-electron chi connectivity index (χ3n) is 3.93. The van der Waals surface area contributed by atoms with Crippen LogP contribution in [-0.4, -0.2) is 19.6 Å². The molecule has 27 heavy (non-hydrogen) atoms. The highest BCUT2D eigenvalue weighted by Crippen LogP contribution is 2.37. The summed E-state index contributed by atoms with van der Waals surface area (Å²) in [6.07, 6.45) is 1.52. The van der Waals surface area contributed by atoms with E-state index in [9.17, 15) is 10.1 Å². The van der Waals surface area contributed by atoms with Crippen molar-refractivity contribution in [2.45, 2.75) is 20.8 Å². The molecule has 0 saturated carbocycles. The van der Waals surface area contributed by atoms with Crippen molar-refractivity contribution in [1.29, 1.82) is 5.26 Å². The van der Waals surface area contributed by atoms with Crippen molar-refractivity contribution in [2.24, 2.45) is 0 Å². The molecule has 0 heterocycles. The molecule has 0 unspecified atom stereocenters. The van der Waals surface area contributed by atoms with Crippen molar-refractivity contribution in [2.75, 3.05) is 19.0 Å². The fraction of sp³-hybridized carbons (Fsp3) is 0.238. The zero-order chi connectivity index (χ0) is 20.0. The molecule has 2 aromatic rings. The molecular formula is C21H21BrN2O3. The Labute approximate surface area is 167 Å². The van der Waals surface area contributed by atoms with Gasteiger partial charge in [0.25, 0.3) is 5.91 Å². The first kappa shape index (κ1) is 20.5. The molecule has 0 aromatic heterocycles. The maximum absolute atomic E-state index is 12.6. The number of nitrogens with one attached hydrogen (secondary N) is 1. The molecule has 2 aromatic carbocycles. The van der Waals surface area contributed by atoms with Crippen molar-refractivity contribution in [3.63, 3.8) is 0 Å². The van der Waals surface area contributed by atoms with E-state index in [0.717, 1.165) is 16.8 Å². The minimum atomic E-state index is -0.459. The second-order valence-corrected chi connectivity index (χ2v) is 6.71. The predicted molar refractivity (Wildman–Crippen MR) is 110 cm³/mol. The van der Waals surface area contributed by atoms with Gasteiger partial charge >= 0.3 is 0 Å². The molecule has 0 aliphatic rings. The van der Waals surface area contributed by atoms with E-state index in [1.165, 1.54) is 6.08 Å². The fourth-order valence-electron chi connectivity index (χ4n) is 2.64. The number of halogens is 1. The Morgan fingerprint density at radius 1 is 1.30 bits per heavy atom. The standard InChI is InChI=1S/C21H21BrN2O3/c1-5-27-18-11-15(10-17(22)20(18)26-4)9-16(12-23)21(25)24-19-13(2)7-6-8-14(19)3/h6-11H,5H2,1-4H3,(H,24,25)/b16-9-. The first-order chi connectivity index (χ1) is 12.9. The highest BCUT2D eigenvalue weighted by molar-refractivity contribution is 9.10. The van der Waals surface area contributed by atoms with Crippen LogP contribution in [0.5, 0.6) is 11.5 Å². The Hall–Kier alpha value is -2.78. The number of aryl methyl sites for hydroxylation is 2. The molecule has 0 fully saturated rings. The Kier molecular flexibility index (Phi) is 7.03. The van der Waals surface area contributed by atoms with E-state index in [-0.39, 0.29) is 5.57 Å². The number of anilines is 1. The summed E-state index contributed by atoms with van der Waals surface area (Å²) in [6.45, 7) is 6.16. The number of hydrogen-bond acceptors (Lipinski definition) is 4. The Balaban J connectivity index is 2.38. The van der Waals surface area contributed by atoms with Gasteiger partial charge in [-0.05, 0) is 71.6 Å². The maximum Gasteiger partial charge on any atom is 0.266 e. The molecule has 1 amide bonds. The van der Waals surface area contributed by atoms with Gasteiger partial charge in [0.1, 0.15) is 11.6 Å². The largest absolute Gasteiger partial charge is 0.492 e. The molecule has 0 aliphatic heterocycles. The molecule has 0 atom stereocenters. The normalized spacial score (nSPS) is 10.9. The van der Waals surface area contributed by atoms with Gasteiger partial charge in [0.2, 0.25) is 0 Å². The molecule has 0 saturated heterocycles. The third kappa shape index (κ3) is 4.89. The number of ether oxygens (including phenoxy) is 2. The van der Waals surface area contributed by atoms with Crippen LogP contribution < -0.4 is 14.8 Å². The molecule has 2 rings (SSSR count). The first-order valence-corrected chi connectivity index (χ1v) is 9.20.